The first-order chi connectivity index (χ1) is 8.22. The molecule has 0 saturated carbocycles. The molecular weight excluding hydrogens is 242 g/mol. The fourth-order valence-electron chi connectivity index (χ4n) is 1.67. The maximum atomic E-state index is 10.2. The monoisotopic (exact) mass is 249 g/mol. The van der Waals surface area contributed by atoms with Crippen molar-refractivity contribution in [3.05, 3.63) is 39.4 Å². The third kappa shape index (κ3) is 1.83. The van der Waals surface area contributed by atoms with Gasteiger partial charge in [0.1, 0.15) is 0 Å². The lowest BCUT2D eigenvalue weighted by Crippen LogP contribution is -1.92. The van der Waals surface area contributed by atoms with Gasteiger partial charge in [-0.25, -0.2) is 0 Å². The number of fused-ring (bicyclic) bond motifs is 2. The molecular formula is C11H7NO4S. The second kappa shape index (κ2) is 3.74. The van der Waals surface area contributed by atoms with Crippen molar-refractivity contribution in [2.45, 2.75) is 0 Å². The molecule has 0 atom stereocenters. The molecule has 0 bridgehead atoms. The van der Waals surface area contributed by atoms with Gasteiger partial charge >= 0.3 is 0 Å². The fourth-order valence-corrected chi connectivity index (χ4v) is 2.64. The average molecular weight is 249 g/mol. The Kier molecular flexibility index (Phi) is 2.22. The van der Waals surface area contributed by atoms with E-state index in [0.29, 0.717) is 0 Å². The zero-order valence-electron chi connectivity index (χ0n) is 8.58. The van der Waals surface area contributed by atoms with Crippen LogP contribution in [0.25, 0.3) is 16.2 Å². The van der Waals surface area contributed by atoms with Crippen molar-refractivity contribution < 1.29 is 14.4 Å². The molecule has 0 radical (unpaired) electrons. The van der Waals surface area contributed by atoms with Gasteiger partial charge in [0.25, 0.3) is 0 Å². The first kappa shape index (κ1) is 10.1. The zero-order valence-corrected chi connectivity index (χ0v) is 9.40. The molecule has 17 heavy (non-hydrogen) atoms. The minimum atomic E-state index is -0.476. The summed E-state index contributed by atoms with van der Waals surface area (Å²) in [5.74, 6) is 1.45. The largest absolute Gasteiger partial charge is 0.454 e. The number of thiophene rings is 1. The van der Waals surface area contributed by atoms with E-state index in [0.717, 1.165) is 32.7 Å². The number of hydrogen-bond acceptors (Lipinski definition) is 5. The van der Waals surface area contributed by atoms with Crippen molar-refractivity contribution in [1.82, 2.24) is 0 Å². The van der Waals surface area contributed by atoms with Gasteiger partial charge in [0.15, 0.2) is 11.5 Å². The van der Waals surface area contributed by atoms with Gasteiger partial charge in [-0.2, -0.15) is 0 Å². The summed E-state index contributed by atoms with van der Waals surface area (Å²) in [6.45, 7) is 0.251. The van der Waals surface area contributed by atoms with Crippen molar-refractivity contribution in [3.8, 4) is 11.5 Å². The highest BCUT2D eigenvalue weighted by molar-refractivity contribution is 7.19. The standard InChI is InChI=1S/C11H7NO4S/c13-12(14)2-1-8-3-7-4-9-10(16-6-15-9)5-11(7)17-8/h1-5H,6H2/b2-1-. The summed E-state index contributed by atoms with van der Waals surface area (Å²) in [6.07, 6.45) is 2.42. The molecule has 6 heteroatoms. The van der Waals surface area contributed by atoms with Gasteiger partial charge in [0.05, 0.1) is 4.92 Å². The van der Waals surface area contributed by atoms with Gasteiger partial charge in [-0.05, 0) is 17.5 Å². The van der Waals surface area contributed by atoms with E-state index in [-0.39, 0.29) is 6.79 Å². The molecule has 0 N–H and O–H groups in total. The van der Waals surface area contributed by atoms with Crippen LogP contribution < -0.4 is 9.47 Å². The highest BCUT2D eigenvalue weighted by Gasteiger charge is 2.15. The SMILES string of the molecule is O=[N+]([O-])/C=C\c1cc2cc3c(cc2s1)OCO3. The Labute approximate surface area is 100 Å². The Morgan fingerprint density at radius 3 is 2.82 bits per heavy atom. The van der Waals surface area contributed by atoms with Crippen LogP contribution in [0.1, 0.15) is 4.88 Å². The molecule has 5 nitrogen and oxygen atoms in total. The Morgan fingerprint density at radius 2 is 2.06 bits per heavy atom. The molecule has 0 saturated heterocycles. The van der Waals surface area contributed by atoms with Crippen LogP contribution >= 0.6 is 11.3 Å². The molecule has 2 aromatic rings. The topological polar surface area (TPSA) is 61.6 Å². The van der Waals surface area contributed by atoms with Gasteiger partial charge in [0, 0.05) is 21.7 Å². The molecule has 1 aliphatic heterocycles. The summed E-state index contributed by atoms with van der Waals surface area (Å²) in [4.78, 5) is 10.6. The van der Waals surface area contributed by atoms with Crippen LogP contribution in [0.15, 0.2) is 24.4 Å². The summed E-state index contributed by atoms with van der Waals surface area (Å²) in [5.41, 5.74) is 0. The summed E-state index contributed by atoms with van der Waals surface area (Å²) in [7, 11) is 0. The van der Waals surface area contributed by atoms with Gasteiger partial charge in [-0.3, -0.25) is 10.1 Å². The number of hydrogen-bond donors (Lipinski definition) is 0. The predicted molar refractivity (Wildman–Crippen MR) is 64.0 cm³/mol. The van der Waals surface area contributed by atoms with Crippen molar-refractivity contribution >= 4 is 27.5 Å². The van der Waals surface area contributed by atoms with Crippen LogP contribution in [-0.2, 0) is 0 Å². The summed E-state index contributed by atoms with van der Waals surface area (Å²) in [5, 5.41) is 11.2. The Morgan fingerprint density at radius 1 is 1.29 bits per heavy atom. The number of rotatable bonds is 2. The van der Waals surface area contributed by atoms with Crippen LogP contribution in [0.5, 0.6) is 11.5 Å². The average Bonchev–Trinajstić information content (AvgIpc) is 2.87. The van der Waals surface area contributed by atoms with E-state index in [1.165, 1.54) is 17.4 Å². The van der Waals surface area contributed by atoms with E-state index in [1.807, 2.05) is 18.2 Å². The van der Waals surface area contributed by atoms with Gasteiger partial charge in [0.2, 0.25) is 13.0 Å². The highest BCUT2D eigenvalue weighted by Crippen LogP contribution is 2.39. The predicted octanol–water partition coefficient (Wildman–Crippen LogP) is 2.88. The van der Waals surface area contributed by atoms with Crippen molar-refractivity contribution in [2.75, 3.05) is 6.79 Å². The molecule has 0 spiro atoms. The van der Waals surface area contributed by atoms with Gasteiger partial charge < -0.3 is 9.47 Å². The van der Waals surface area contributed by atoms with Gasteiger partial charge in [-0.1, -0.05) is 0 Å². The van der Waals surface area contributed by atoms with Crippen LogP contribution in [0.3, 0.4) is 0 Å². The lowest BCUT2D eigenvalue weighted by atomic mass is 10.2. The highest BCUT2D eigenvalue weighted by atomic mass is 32.1. The van der Waals surface area contributed by atoms with E-state index >= 15 is 0 Å². The number of nitro groups is 1. The molecule has 1 aromatic carbocycles. The third-order valence-corrected chi connectivity index (χ3v) is 3.45. The summed E-state index contributed by atoms with van der Waals surface area (Å²) in [6, 6.07) is 5.67. The maximum absolute atomic E-state index is 10.2. The third-order valence-electron chi connectivity index (χ3n) is 2.39. The van der Waals surface area contributed by atoms with E-state index in [2.05, 4.69) is 0 Å². The van der Waals surface area contributed by atoms with Crippen molar-refractivity contribution in [2.24, 2.45) is 0 Å². The van der Waals surface area contributed by atoms with Crippen LogP contribution in [0, 0.1) is 10.1 Å². The second-order valence-electron chi connectivity index (χ2n) is 3.49. The lowest BCUT2D eigenvalue weighted by molar-refractivity contribution is -0.400. The zero-order chi connectivity index (χ0) is 11.8. The molecule has 0 amide bonds. The first-order valence-electron chi connectivity index (χ1n) is 4.87. The van der Waals surface area contributed by atoms with E-state index in [9.17, 15) is 10.1 Å². The van der Waals surface area contributed by atoms with Crippen molar-refractivity contribution in [1.29, 1.82) is 0 Å². The fraction of sp³-hybridized carbons (Fsp3) is 0.0909. The lowest BCUT2D eigenvalue weighted by Gasteiger charge is -1.94. The Balaban J connectivity index is 2.05. The van der Waals surface area contributed by atoms with Crippen LogP contribution in [0.4, 0.5) is 0 Å². The van der Waals surface area contributed by atoms with E-state index in [1.54, 1.807) is 0 Å². The normalized spacial score (nSPS) is 13.6. The minimum Gasteiger partial charge on any atom is -0.454 e. The minimum absolute atomic E-state index is 0.251. The Hall–Kier alpha value is -2.08. The number of benzene rings is 1. The molecule has 0 fully saturated rings. The Bertz CT molecular complexity index is 591. The summed E-state index contributed by atoms with van der Waals surface area (Å²) >= 11 is 1.48. The molecule has 86 valence electrons. The molecule has 3 rings (SSSR count). The molecule has 2 heterocycles. The van der Waals surface area contributed by atoms with Crippen molar-refractivity contribution in [3.63, 3.8) is 0 Å². The van der Waals surface area contributed by atoms with E-state index in [4.69, 9.17) is 9.47 Å². The van der Waals surface area contributed by atoms with Crippen LogP contribution in [0.2, 0.25) is 0 Å². The number of ether oxygens (including phenoxy) is 2. The first-order valence-corrected chi connectivity index (χ1v) is 5.69. The number of nitrogens with zero attached hydrogens (tertiary/aromatic N) is 1. The second-order valence-corrected chi connectivity index (χ2v) is 4.61. The quantitative estimate of drug-likeness (QED) is 0.606. The molecule has 0 aliphatic carbocycles. The smallest absolute Gasteiger partial charge is 0.235 e. The molecule has 1 aliphatic rings. The van der Waals surface area contributed by atoms with Gasteiger partial charge in [-0.15, -0.1) is 11.3 Å². The molecule has 0 unspecified atom stereocenters. The van der Waals surface area contributed by atoms with Crippen LogP contribution in [-0.4, -0.2) is 11.7 Å². The van der Waals surface area contributed by atoms with E-state index < -0.39 is 4.92 Å². The summed E-state index contributed by atoms with van der Waals surface area (Å²) < 4.78 is 11.6. The molecule has 1 aromatic heterocycles. The maximum Gasteiger partial charge on any atom is 0.235 e.